The maximum atomic E-state index is 13.4. The average Bonchev–Trinajstić information content (AvgIpc) is 3.18. The van der Waals surface area contributed by atoms with Crippen LogP contribution in [0.1, 0.15) is 41.1 Å². The Balaban J connectivity index is 1.25. The second-order valence-corrected chi connectivity index (χ2v) is 10.3. The monoisotopic (exact) mass is 550 g/mol. The van der Waals surface area contributed by atoms with E-state index in [0.717, 1.165) is 6.42 Å². The first kappa shape index (κ1) is 25.9. The summed E-state index contributed by atoms with van der Waals surface area (Å²) < 4.78 is 5.15. The van der Waals surface area contributed by atoms with Crippen LogP contribution in [-0.4, -0.2) is 30.3 Å². The lowest BCUT2D eigenvalue weighted by Gasteiger charge is -2.28. The zero-order valence-corrected chi connectivity index (χ0v) is 21.7. The lowest BCUT2D eigenvalue weighted by Crippen LogP contribution is -2.31. The maximum absolute atomic E-state index is 13.4. The van der Waals surface area contributed by atoms with Crippen LogP contribution in [0, 0.1) is 11.8 Å². The molecule has 0 bridgehead atoms. The first-order valence-corrected chi connectivity index (χ1v) is 13.0. The quantitative estimate of drug-likeness (QED) is 0.306. The van der Waals surface area contributed by atoms with Crippen molar-refractivity contribution in [2.24, 2.45) is 11.8 Å². The topological polar surface area (TPSA) is 92.8 Å². The summed E-state index contributed by atoms with van der Waals surface area (Å²) in [5.41, 5.74) is 1.91. The van der Waals surface area contributed by atoms with Gasteiger partial charge in [-0.3, -0.25) is 19.3 Å². The van der Waals surface area contributed by atoms with E-state index in [0.29, 0.717) is 29.2 Å². The Labute approximate surface area is 229 Å². The molecule has 1 N–H and O–H groups in total. The summed E-state index contributed by atoms with van der Waals surface area (Å²) in [5.74, 6) is -2.37. The van der Waals surface area contributed by atoms with Gasteiger partial charge < -0.3 is 10.1 Å². The number of fused-ring (bicyclic) bond motifs is 1. The molecule has 3 aromatic carbocycles. The van der Waals surface area contributed by atoms with Gasteiger partial charge in [-0.2, -0.15) is 0 Å². The standard InChI is InChI=1S/C29H24Cl2N2O5/c30-20-10-12-24(31)25(15-20)32-26(34)16-38-29(37)19-7-4-8-21(13-19)33-27(35)22-11-9-18(14-23(22)28(33)36)17-5-2-1-3-6-17/h1-8,10,12-13,15,18,22-23H,9,11,14,16H2,(H,32,34)/t18-,22+,23+/m0/s1. The number of nitrogens with zero attached hydrogens (tertiary/aromatic N) is 1. The van der Waals surface area contributed by atoms with Crippen LogP contribution in [0.15, 0.2) is 72.8 Å². The molecule has 3 amide bonds. The van der Waals surface area contributed by atoms with Crippen molar-refractivity contribution in [3.05, 3.63) is 94.0 Å². The predicted octanol–water partition coefficient (Wildman–Crippen LogP) is 5.86. The van der Waals surface area contributed by atoms with Gasteiger partial charge in [0.15, 0.2) is 6.61 Å². The van der Waals surface area contributed by atoms with E-state index >= 15 is 0 Å². The van der Waals surface area contributed by atoms with Gasteiger partial charge in [-0.15, -0.1) is 0 Å². The van der Waals surface area contributed by atoms with Crippen LogP contribution >= 0.6 is 23.2 Å². The minimum Gasteiger partial charge on any atom is -0.452 e. The van der Waals surface area contributed by atoms with E-state index in [9.17, 15) is 19.2 Å². The zero-order chi connectivity index (χ0) is 26.8. The molecule has 1 saturated heterocycles. The Morgan fingerprint density at radius 3 is 2.45 bits per heavy atom. The third-order valence-electron chi connectivity index (χ3n) is 7.07. The van der Waals surface area contributed by atoms with Crippen molar-refractivity contribution in [2.75, 3.05) is 16.8 Å². The number of nitrogens with one attached hydrogen (secondary N) is 1. The number of carbonyl (C=O) groups is 4. The Kier molecular flexibility index (Phi) is 7.49. The summed E-state index contributed by atoms with van der Waals surface area (Å²) in [7, 11) is 0. The first-order valence-electron chi connectivity index (χ1n) is 12.3. The van der Waals surface area contributed by atoms with Crippen LogP contribution in [-0.2, 0) is 19.1 Å². The van der Waals surface area contributed by atoms with Crippen LogP contribution in [0.5, 0.6) is 0 Å². The van der Waals surface area contributed by atoms with E-state index < -0.39 is 18.5 Å². The van der Waals surface area contributed by atoms with Gasteiger partial charge in [0.25, 0.3) is 5.91 Å². The number of rotatable bonds is 6. The Hall–Kier alpha value is -3.68. The summed E-state index contributed by atoms with van der Waals surface area (Å²) in [6.45, 7) is -0.557. The SMILES string of the molecule is O=C(COC(=O)c1cccc(N2C(=O)[C@@H]3CC[C@H](c4ccccc4)C[C@H]3C2=O)c1)Nc1cc(Cl)ccc1Cl. The Bertz CT molecular complexity index is 1410. The second kappa shape index (κ2) is 11.0. The van der Waals surface area contributed by atoms with E-state index in [2.05, 4.69) is 17.4 Å². The smallest absolute Gasteiger partial charge is 0.338 e. The summed E-state index contributed by atoms with van der Waals surface area (Å²) in [5, 5.41) is 3.22. The lowest BCUT2D eigenvalue weighted by molar-refractivity contribution is -0.122. The Morgan fingerprint density at radius 2 is 1.66 bits per heavy atom. The van der Waals surface area contributed by atoms with E-state index in [1.165, 1.54) is 34.7 Å². The van der Waals surface area contributed by atoms with Crippen LogP contribution in [0.25, 0.3) is 0 Å². The highest BCUT2D eigenvalue weighted by atomic mass is 35.5. The lowest BCUT2D eigenvalue weighted by atomic mass is 9.73. The molecule has 38 heavy (non-hydrogen) atoms. The highest BCUT2D eigenvalue weighted by Gasteiger charge is 2.50. The fourth-order valence-corrected chi connectivity index (χ4v) is 5.56. The van der Waals surface area contributed by atoms with Crippen molar-refractivity contribution in [3.63, 3.8) is 0 Å². The number of imide groups is 1. The highest BCUT2D eigenvalue weighted by Crippen LogP contribution is 2.45. The van der Waals surface area contributed by atoms with Crippen molar-refractivity contribution >= 4 is 58.3 Å². The van der Waals surface area contributed by atoms with Gasteiger partial charge in [-0.25, -0.2) is 4.79 Å². The molecule has 2 fully saturated rings. The largest absolute Gasteiger partial charge is 0.452 e. The molecule has 2 aliphatic rings. The third kappa shape index (κ3) is 5.30. The number of benzene rings is 3. The molecule has 0 unspecified atom stereocenters. The predicted molar refractivity (Wildman–Crippen MR) is 144 cm³/mol. The van der Waals surface area contributed by atoms with Gasteiger partial charge in [0, 0.05) is 5.02 Å². The molecule has 5 rings (SSSR count). The van der Waals surface area contributed by atoms with Gasteiger partial charge in [-0.05, 0) is 67.1 Å². The highest BCUT2D eigenvalue weighted by molar-refractivity contribution is 6.35. The van der Waals surface area contributed by atoms with Crippen LogP contribution in [0.4, 0.5) is 11.4 Å². The van der Waals surface area contributed by atoms with E-state index in [4.69, 9.17) is 27.9 Å². The van der Waals surface area contributed by atoms with Gasteiger partial charge >= 0.3 is 5.97 Å². The maximum Gasteiger partial charge on any atom is 0.338 e. The molecule has 7 nitrogen and oxygen atoms in total. The molecule has 0 radical (unpaired) electrons. The van der Waals surface area contributed by atoms with Gasteiger partial charge in [0.1, 0.15) is 0 Å². The number of anilines is 2. The van der Waals surface area contributed by atoms with Crippen LogP contribution in [0.3, 0.4) is 0 Å². The van der Waals surface area contributed by atoms with E-state index in [1.54, 1.807) is 18.2 Å². The molecule has 1 aliphatic heterocycles. The van der Waals surface area contributed by atoms with Crippen molar-refractivity contribution in [3.8, 4) is 0 Å². The van der Waals surface area contributed by atoms with Gasteiger partial charge in [0.05, 0.1) is 33.8 Å². The number of halogens is 2. The molecule has 1 heterocycles. The summed E-state index contributed by atoms with van der Waals surface area (Å²) in [6, 6.07) is 20.8. The van der Waals surface area contributed by atoms with Crippen LogP contribution in [0.2, 0.25) is 10.0 Å². The second-order valence-electron chi connectivity index (χ2n) is 9.44. The van der Waals surface area contributed by atoms with Gasteiger partial charge in [0.2, 0.25) is 11.8 Å². The summed E-state index contributed by atoms with van der Waals surface area (Å²) in [6.07, 6.45) is 2.09. The molecular formula is C29H24Cl2N2O5. The zero-order valence-electron chi connectivity index (χ0n) is 20.2. The number of ether oxygens (including phenoxy) is 1. The van der Waals surface area contributed by atoms with Gasteiger partial charge in [-0.1, -0.05) is 59.6 Å². The normalized spacial score (nSPS) is 20.7. The minimum atomic E-state index is -0.764. The molecule has 9 heteroatoms. The molecule has 3 aromatic rings. The number of esters is 1. The fraction of sp³-hybridized carbons (Fsp3) is 0.241. The average molecular weight is 551 g/mol. The molecule has 0 spiro atoms. The van der Waals surface area contributed by atoms with Crippen molar-refractivity contribution in [1.29, 1.82) is 0 Å². The molecule has 1 saturated carbocycles. The number of amides is 3. The van der Waals surface area contributed by atoms with Crippen LogP contribution < -0.4 is 10.2 Å². The number of hydrogen-bond donors (Lipinski definition) is 1. The molecule has 194 valence electrons. The molecular weight excluding hydrogens is 527 g/mol. The summed E-state index contributed by atoms with van der Waals surface area (Å²) >= 11 is 12.0. The summed E-state index contributed by atoms with van der Waals surface area (Å²) in [4.78, 5) is 52.7. The minimum absolute atomic E-state index is 0.119. The van der Waals surface area contributed by atoms with Crippen molar-refractivity contribution in [2.45, 2.75) is 25.2 Å². The molecule has 3 atom stereocenters. The van der Waals surface area contributed by atoms with E-state index in [1.807, 2.05) is 18.2 Å². The molecule has 0 aromatic heterocycles. The first-order chi connectivity index (χ1) is 18.3. The van der Waals surface area contributed by atoms with Crippen molar-refractivity contribution < 1.29 is 23.9 Å². The number of hydrogen-bond acceptors (Lipinski definition) is 5. The molecule has 1 aliphatic carbocycles. The Morgan fingerprint density at radius 1 is 0.895 bits per heavy atom. The number of carbonyl (C=O) groups excluding carboxylic acids is 4. The third-order valence-corrected chi connectivity index (χ3v) is 7.64. The van der Waals surface area contributed by atoms with E-state index in [-0.39, 0.29) is 40.2 Å². The fourth-order valence-electron chi connectivity index (χ4n) is 5.23. The van der Waals surface area contributed by atoms with Crippen molar-refractivity contribution in [1.82, 2.24) is 0 Å².